The van der Waals surface area contributed by atoms with Crippen molar-refractivity contribution in [2.45, 2.75) is 115 Å². The fourth-order valence-electron chi connectivity index (χ4n) is 9.93. The van der Waals surface area contributed by atoms with Gasteiger partial charge in [0.2, 0.25) is 5.91 Å². The summed E-state index contributed by atoms with van der Waals surface area (Å²) in [6, 6.07) is 10.8. The lowest BCUT2D eigenvalue weighted by Gasteiger charge is -2.39. The average molecular weight is 776 g/mol. The van der Waals surface area contributed by atoms with Crippen molar-refractivity contribution in [2.75, 3.05) is 0 Å². The Hall–Kier alpha value is -4.82. The minimum absolute atomic E-state index is 0.0536. The summed E-state index contributed by atoms with van der Waals surface area (Å²) in [4.78, 5) is 23.4. The smallest absolute Gasteiger partial charge is 0.332 e. The summed E-state index contributed by atoms with van der Waals surface area (Å²) >= 11 is 0. The normalized spacial score (nSPS) is 25.5. The summed E-state index contributed by atoms with van der Waals surface area (Å²) in [5.41, 5.74) is 5.97. The molecule has 0 radical (unpaired) electrons. The van der Waals surface area contributed by atoms with E-state index in [9.17, 15) is 32.3 Å². The van der Waals surface area contributed by atoms with E-state index in [2.05, 4.69) is 34.2 Å². The summed E-state index contributed by atoms with van der Waals surface area (Å²) in [5.74, 6) is -4.12. The van der Waals surface area contributed by atoms with Crippen LogP contribution in [0.5, 0.6) is 0 Å². The number of carboxylic acid groups (broad SMARTS) is 1. The third-order valence-electron chi connectivity index (χ3n) is 13.0. The van der Waals surface area contributed by atoms with Gasteiger partial charge in [-0.1, -0.05) is 53.7 Å². The maximum atomic E-state index is 14.2. The van der Waals surface area contributed by atoms with Gasteiger partial charge in [0.05, 0.1) is 33.9 Å². The SMILES string of the molecule is CC[C@@H](O[C@@]12CC[C@@H](c3cc(-c4c(F)cccc4F)nnc31)C2(C)C)C(=O)O.CC[C@@H](O[C@@]12CC[C@@H](c3cc(-c4c(F)cccc4F)nnc31)C2(C)C)C(N)=O. The van der Waals surface area contributed by atoms with Crippen molar-refractivity contribution in [3.8, 4) is 22.5 Å². The lowest BCUT2D eigenvalue weighted by Crippen LogP contribution is -2.45. The van der Waals surface area contributed by atoms with Crippen molar-refractivity contribution in [1.82, 2.24) is 20.4 Å². The van der Waals surface area contributed by atoms with Crippen LogP contribution in [-0.4, -0.2) is 49.6 Å². The molecule has 4 aliphatic carbocycles. The number of carboxylic acids is 1. The summed E-state index contributed by atoms with van der Waals surface area (Å²) in [5, 5.41) is 26.4. The fraction of sp³-hybridized carbons (Fsp3) is 0.476. The van der Waals surface area contributed by atoms with Crippen molar-refractivity contribution >= 4 is 11.9 Å². The molecule has 8 rings (SSSR count). The standard InChI is InChI=1S/C21H23F2N3O2.C21H22F2N2O3/c1-4-16(19(24)27)28-21-9-8-12(20(21,2)3)11-10-15(25-26-18(11)21)17-13(22)6-5-7-14(17)23;1-4-16(19(26)27)28-21-9-8-12(20(21,2)3)11-10-15(24-25-18(11)21)17-13(22)6-5-7-14(17)23/h5-7,10,12,16H,4,8-9H2,1-3H3,(H2,24,27);5-7,10,12,16H,4,8-9H2,1-3H3,(H,26,27)/t2*12-,16+,21-/m00/s1. The van der Waals surface area contributed by atoms with E-state index in [1.807, 2.05) is 20.8 Å². The van der Waals surface area contributed by atoms with Gasteiger partial charge >= 0.3 is 5.97 Å². The number of hydrogen-bond donors (Lipinski definition) is 2. The first-order valence-corrected chi connectivity index (χ1v) is 19.0. The molecule has 14 heteroatoms. The first-order chi connectivity index (χ1) is 26.5. The number of carbonyl (C=O) groups is 2. The van der Waals surface area contributed by atoms with E-state index in [4.69, 9.17) is 15.2 Å². The molecule has 1 amide bonds. The number of primary amides is 1. The molecule has 4 aromatic rings. The summed E-state index contributed by atoms with van der Waals surface area (Å²) < 4.78 is 69.4. The second-order valence-electron chi connectivity index (χ2n) is 16.3. The van der Waals surface area contributed by atoms with Gasteiger partial charge in [-0.15, -0.1) is 10.2 Å². The number of aromatic nitrogens is 4. The Morgan fingerprint density at radius 3 is 1.43 bits per heavy atom. The van der Waals surface area contributed by atoms with Gasteiger partial charge in [0.1, 0.15) is 40.6 Å². The number of amides is 1. The molecule has 0 unspecified atom stereocenters. The predicted octanol–water partition coefficient (Wildman–Crippen LogP) is 8.23. The first kappa shape index (κ1) is 39.4. The monoisotopic (exact) mass is 775 g/mol. The average Bonchev–Trinajstić information content (AvgIpc) is 3.69. The molecule has 296 valence electrons. The second-order valence-corrected chi connectivity index (χ2v) is 16.3. The molecule has 6 atom stereocenters. The van der Waals surface area contributed by atoms with Crippen LogP contribution in [0.15, 0.2) is 48.5 Å². The van der Waals surface area contributed by atoms with Gasteiger partial charge in [-0.05, 0) is 97.9 Å². The second kappa shape index (κ2) is 14.0. The molecule has 0 saturated heterocycles. The topological polar surface area (TPSA) is 150 Å². The first-order valence-electron chi connectivity index (χ1n) is 19.0. The molecule has 56 heavy (non-hydrogen) atoms. The van der Waals surface area contributed by atoms with Crippen LogP contribution in [0.1, 0.15) is 114 Å². The van der Waals surface area contributed by atoms with Crippen LogP contribution in [0.2, 0.25) is 0 Å². The van der Waals surface area contributed by atoms with Gasteiger partial charge in [0.25, 0.3) is 0 Å². The van der Waals surface area contributed by atoms with Crippen LogP contribution in [0, 0.1) is 34.1 Å². The fourth-order valence-corrected chi connectivity index (χ4v) is 9.93. The number of halogens is 4. The molecule has 4 bridgehead atoms. The van der Waals surface area contributed by atoms with Gasteiger partial charge < -0.3 is 20.3 Å². The van der Waals surface area contributed by atoms with Gasteiger partial charge in [0, 0.05) is 10.8 Å². The Labute approximate surface area is 322 Å². The van der Waals surface area contributed by atoms with E-state index < -0.39 is 64.0 Å². The van der Waals surface area contributed by atoms with Crippen LogP contribution in [0.25, 0.3) is 22.5 Å². The minimum atomic E-state index is -1.01. The number of benzene rings is 2. The quantitative estimate of drug-likeness (QED) is 0.152. The van der Waals surface area contributed by atoms with Gasteiger partial charge in [-0.3, -0.25) is 4.79 Å². The van der Waals surface area contributed by atoms with Gasteiger partial charge in [-0.25, -0.2) is 22.4 Å². The number of fused-ring (bicyclic) bond motifs is 10. The largest absolute Gasteiger partial charge is 0.479 e. The van der Waals surface area contributed by atoms with Crippen LogP contribution in [0.3, 0.4) is 0 Å². The molecule has 2 aromatic carbocycles. The van der Waals surface area contributed by atoms with Crippen molar-refractivity contribution < 1.29 is 41.7 Å². The third-order valence-corrected chi connectivity index (χ3v) is 13.0. The zero-order chi connectivity index (χ0) is 40.5. The number of hydrogen-bond acceptors (Lipinski definition) is 8. The Kier molecular flexibility index (Phi) is 9.84. The van der Waals surface area contributed by atoms with Crippen LogP contribution in [0.4, 0.5) is 17.6 Å². The predicted molar refractivity (Wildman–Crippen MR) is 197 cm³/mol. The summed E-state index contributed by atoms with van der Waals surface area (Å²) in [6.07, 6.45) is 2.08. The molecule has 2 fully saturated rings. The molecular formula is C42H45F4N5O5. The summed E-state index contributed by atoms with van der Waals surface area (Å²) in [7, 11) is 0. The Balaban J connectivity index is 0.000000172. The minimum Gasteiger partial charge on any atom is -0.479 e. The molecule has 2 aromatic heterocycles. The highest BCUT2D eigenvalue weighted by Gasteiger charge is 2.67. The lowest BCUT2D eigenvalue weighted by atomic mass is 9.77. The maximum Gasteiger partial charge on any atom is 0.332 e. The Bertz CT molecular complexity index is 2040. The van der Waals surface area contributed by atoms with E-state index in [0.717, 1.165) is 24.0 Å². The Morgan fingerprint density at radius 2 is 1.09 bits per heavy atom. The molecule has 10 nitrogen and oxygen atoms in total. The van der Waals surface area contributed by atoms with Crippen molar-refractivity contribution in [3.05, 3.63) is 94.3 Å². The number of nitrogens with zero attached hydrogens (tertiary/aromatic N) is 4. The summed E-state index contributed by atoms with van der Waals surface area (Å²) in [6.45, 7) is 11.8. The number of carbonyl (C=O) groups excluding carboxylic acids is 1. The molecular weight excluding hydrogens is 730 g/mol. The van der Waals surface area contributed by atoms with E-state index >= 15 is 0 Å². The molecule has 3 N–H and O–H groups in total. The highest BCUT2D eigenvalue weighted by molar-refractivity contribution is 5.79. The van der Waals surface area contributed by atoms with Gasteiger partial charge in [0.15, 0.2) is 6.10 Å². The van der Waals surface area contributed by atoms with Crippen molar-refractivity contribution in [1.29, 1.82) is 0 Å². The molecule has 0 spiro atoms. The van der Waals surface area contributed by atoms with Crippen LogP contribution in [-0.2, 0) is 30.3 Å². The zero-order valence-corrected chi connectivity index (χ0v) is 32.1. The van der Waals surface area contributed by atoms with E-state index in [0.29, 0.717) is 37.1 Å². The molecule has 4 aliphatic rings. The highest BCUT2D eigenvalue weighted by atomic mass is 19.1. The van der Waals surface area contributed by atoms with Crippen LogP contribution < -0.4 is 5.73 Å². The number of rotatable bonds is 10. The molecule has 0 aliphatic heterocycles. The number of aliphatic carboxylic acids is 1. The molecule has 2 heterocycles. The van der Waals surface area contributed by atoms with Crippen molar-refractivity contribution in [2.24, 2.45) is 16.6 Å². The zero-order valence-electron chi connectivity index (χ0n) is 32.1. The van der Waals surface area contributed by atoms with E-state index in [1.165, 1.54) is 36.4 Å². The third kappa shape index (κ3) is 5.73. The number of nitrogens with two attached hydrogens (primary N) is 1. The maximum absolute atomic E-state index is 14.2. The van der Waals surface area contributed by atoms with Crippen molar-refractivity contribution in [3.63, 3.8) is 0 Å². The van der Waals surface area contributed by atoms with Crippen LogP contribution >= 0.6 is 0 Å². The van der Waals surface area contributed by atoms with E-state index in [1.54, 1.807) is 19.1 Å². The number of ether oxygens (including phenoxy) is 2. The Morgan fingerprint density at radius 1 is 0.714 bits per heavy atom. The highest BCUT2D eigenvalue weighted by Crippen LogP contribution is 2.69. The van der Waals surface area contributed by atoms with E-state index in [-0.39, 0.29) is 39.8 Å². The molecule has 2 saturated carbocycles. The lowest BCUT2D eigenvalue weighted by molar-refractivity contribution is -0.181. The van der Waals surface area contributed by atoms with Gasteiger partial charge in [-0.2, -0.15) is 10.2 Å².